The van der Waals surface area contributed by atoms with Crippen LogP contribution in [0, 0.1) is 11.8 Å². The van der Waals surface area contributed by atoms with Gasteiger partial charge in [0.1, 0.15) is 35.9 Å². The van der Waals surface area contributed by atoms with Crippen molar-refractivity contribution in [3.05, 3.63) is 136 Å². The zero-order valence-electron chi connectivity index (χ0n) is 44.3. The number of carbonyl (C=O) groups excluding carboxylic acids is 9. The number of hydrogen-bond donors (Lipinski definition) is 9. The van der Waals surface area contributed by atoms with Crippen LogP contribution >= 0.6 is 7.60 Å². The number of anilines is 1. The molecule has 0 radical (unpaired) electrons. The number of fused-ring (bicyclic) bond motifs is 2. The van der Waals surface area contributed by atoms with E-state index in [1.54, 1.807) is 60.7 Å². The molecule has 82 heavy (non-hydrogen) atoms. The second kappa shape index (κ2) is 24.6. The maximum atomic E-state index is 14.6. The SMILES string of the molecule is NC(=O)CC[C@H](NC(=O)[C@@H]1Cc2cccc3c2N1C(=O)[C@@H](NC(=O)c1cc2cc(C(F)(F)P(=O)(O)O)ccc2[nH]1)CC3)C(=O)N[C@H](C(=O)NCCCCCCCC#Cc1cccc2c1CN(C1CCC(=O)NC1=O)C2=O)c1ccccc1. The highest BCUT2D eigenvalue weighted by Gasteiger charge is 2.51. The molecule has 21 nitrogen and oxygen atoms in total. The number of unbranched alkanes of at least 4 members (excludes halogenated alkanes) is 5. The van der Waals surface area contributed by atoms with Crippen molar-refractivity contribution in [3.8, 4) is 11.8 Å². The Labute approximate surface area is 469 Å². The molecule has 0 saturated carbocycles. The average Bonchev–Trinajstić information content (AvgIpc) is 4.37. The largest absolute Gasteiger partial charge is 0.399 e. The summed E-state index contributed by atoms with van der Waals surface area (Å²) in [6, 6.07) is 17.3. The summed E-state index contributed by atoms with van der Waals surface area (Å²) in [4.78, 5) is 144. The maximum absolute atomic E-state index is 14.6. The van der Waals surface area contributed by atoms with Gasteiger partial charge >= 0.3 is 13.3 Å². The molecule has 0 spiro atoms. The smallest absolute Gasteiger partial charge is 0.370 e. The first-order valence-corrected chi connectivity index (χ1v) is 28.6. The third kappa shape index (κ3) is 12.6. The Bertz CT molecular complexity index is 3500. The van der Waals surface area contributed by atoms with Crippen molar-refractivity contribution in [1.29, 1.82) is 0 Å². The van der Waals surface area contributed by atoms with E-state index in [2.05, 4.69) is 43.4 Å². The van der Waals surface area contributed by atoms with Crippen molar-refractivity contribution in [2.24, 2.45) is 5.73 Å². The van der Waals surface area contributed by atoms with Crippen molar-refractivity contribution >= 4 is 77.4 Å². The number of nitrogens with zero attached hydrogens (tertiary/aromatic N) is 2. The number of alkyl halides is 2. The molecular weight excluding hydrogens is 1080 g/mol. The number of primary amides is 1. The Balaban J connectivity index is 0.792. The van der Waals surface area contributed by atoms with Crippen LogP contribution in [0.25, 0.3) is 10.9 Å². The zero-order chi connectivity index (χ0) is 58.5. The van der Waals surface area contributed by atoms with Gasteiger partial charge in [-0.25, -0.2) is 0 Å². The molecule has 4 aromatic carbocycles. The van der Waals surface area contributed by atoms with Gasteiger partial charge in [0, 0.05) is 66.4 Å². The minimum atomic E-state index is -5.88. The normalized spacial score (nSPS) is 18.3. The molecule has 0 bridgehead atoms. The fourth-order valence-electron chi connectivity index (χ4n) is 10.9. The molecular formula is C58H60F2N9O12P. The predicted molar refractivity (Wildman–Crippen MR) is 293 cm³/mol. The molecule has 1 unspecified atom stereocenters. The van der Waals surface area contributed by atoms with Crippen LogP contribution in [0.3, 0.4) is 0 Å². The number of aromatic amines is 1. The molecule has 5 atom stereocenters. The topological polar surface area (TPSA) is 320 Å². The summed E-state index contributed by atoms with van der Waals surface area (Å²) >= 11 is 0. The van der Waals surface area contributed by atoms with E-state index in [4.69, 9.17) is 5.73 Å². The third-order valence-electron chi connectivity index (χ3n) is 15.2. The summed E-state index contributed by atoms with van der Waals surface area (Å²) in [5.41, 5.74) is 4.34. The summed E-state index contributed by atoms with van der Waals surface area (Å²) in [6.45, 7) is 0.523. The van der Waals surface area contributed by atoms with Crippen LogP contribution in [0.4, 0.5) is 14.5 Å². The van der Waals surface area contributed by atoms with E-state index in [0.29, 0.717) is 47.2 Å². The Morgan fingerprint density at radius 1 is 0.841 bits per heavy atom. The molecule has 428 valence electrons. The van der Waals surface area contributed by atoms with E-state index in [0.717, 1.165) is 55.0 Å². The lowest BCUT2D eigenvalue weighted by molar-refractivity contribution is -0.137. The molecule has 10 N–H and O–H groups in total. The van der Waals surface area contributed by atoms with E-state index in [-0.39, 0.29) is 80.0 Å². The summed E-state index contributed by atoms with van der Waals surface area (Å²) in [5, 5.41) is 13.4. The van der Waals surface area contributed by atoms with Crippen LogP contribution < -0.4 is 37.2 Å². The van der Waals surface area contributed by atoms with Gasteiger partial charge in [-0.1, -0.05) is 91.8 Å². The number of aromatic nitrogens is 1. The third-order valence-corrected chi connectivity index (χ3v) is 16.2. The average molecular weight is 1140 g/mol. The first-order chi connectivity index (χ1) is 39.2. The van der Waals surface area contributed by atoms with Crippen molar-refractivity contribution < 1.29 is 66.3 Å². The minimum absolute atomic E-state index is 0.0220. The summed E-state index contributed by atoms with van der Waals surface area (Å²) < 4.78 is 40.6. The van der Waals surface area contributed by atoms with Crippen LogP contribution in [0.2, 0.25) is 0 Å². The van der Waals surface area contributed by atoms with E-state index >= 15 is 0 Å². The predicted octanol–water partition coefficient (Wildman–Crippen LogP) is 4.27. The molecule has 5 aromatic rings. The Morgan fingerprint density at radius 2 is 1.59 bits per heavy atom. The highest BCUT2D eigenvalue weighted by Crippen LogP contribution is 2.59. The van der Waals surface area contributed by atoms with Gasteiger partial charge in [0.2, 0.25) is 41.4 Å². The Kier molecular flexibility index (Phi) is 17.5. The van der Waals surface area contributed by atoms with Gasteiger partial charge in [-0.15, -0.1) is 0 Å². The van der Waals surface area contributed by atoms with Crippen LogP contribution in [-0.4, -0.2) is 104 Å². The summed E-state index contributed by atoms with van der Waals surface area (Å²) in [6.07, 6.45) is 4.81. The molecule has 4 aliphatic heterocycles. The number of imide groups is 1. The van der Waals surface area contributed by atoms with Gasteiger partial charge in [-0.3, -0.25) is 57.9 Å². The minimum Gasteiger partial charge on any atom is -0.370 e. The zero-order valence-corrected chi connectivity index (χ0v) is 45.2. The van der Waals surface area contributed by atoms with Crippen LogP contribution in [0.5, 0.6) is 0 Å². The quantitative estimate of drug-likeness (QED) is 0.0215. The first kappa shape index (κ1) is 58.1. The fraction of sp³-hybridized carbons (Fsp3) is 0.362. The van der Waals surface area contributed by atoms with Gasteiger partial charge in [0.25, 0.3) is 11.8 Å². The molecule has 5 heterocycles. The number of para-hydroxylation sites is 1. The lowest BCUT2D eigenvalue weighted by Crippen LogP contribution is -2.57. The number of aryl methyl sites for hydroxylation is 1. The standard InChI is InChI=1S/C58H60F2N9O12P/c59-58(60,82(79,80)81)38-21-23-41-37(29-38)30-44(63-41)52(73)65-43-22-20-35-17-11-18-36-31-46(69(50(35)36)57(43)78)54(75)64-42(24-26-47(61)70)51(72)67-49(34-14-8-6-9-15-34)55(76)62-28-10-5-3-1-2-4-7-13-33-16-12-19-39-40(33)32-68(56(39)77)45-25-27-48(71)66-53(45)74/h6,8-9,11-12,14-19,21,23,29-30,42-43,45-46,49,63H,1-5,10,20,22,24-28,31-32H2,(H2,61,70)(H,62,76)(H,64,75)(H,65,73)(H,67,72)(H,66,71,74)(H2,79,80,81)/t42-,43-,45?,46-,49-/m0/s1. The maximum Gasteiger partial charge on any atom is 0.399 e. The molecule has 4 aliphatic rings. The molecule has 9 rings (SSSR count). The number of nitrogens with one attached hydrogen (secondary N) is 6. The number of rotatable bonds is 21. The van der Waals surface area contributed by atoms with E-state index < -0.39 is 90.4 Å². The summed E-state index contributed by atoms with van der Waals surface area (Å²) in [5.74, 6) is 0.981. The van der Waals surface area contributed by atoms with Gasteiger partial charge < -0.3 is 46.7 Å². The lowest BCUT2D eigenvalue weighted by atomic mass is 10.0. The second-order valence-electron chi connectivity index (χ2n) is 20.7. The van der Waals surface area contributed by atoms with Crippen molar-refractivity contribution in [2.75, 3.05) is 11.4 Å². The molecule has 1 saturated heterocycles. The van der Waals surface area contributed by atoms with Crippen LogP contribution in [-0.2, 0) is 63.2 Å². The molecule has 0 aliphatic carbocycles. The monoisotopic (exact) mass is 1140 g/mol. The number of halogens is 2. The van der Waals surface area contributed by atoms with E-state index in [9.17, 15) is 66.3 Å². The highest BCUT2D eigenvalue weighted by atomic mass is 31.2. The van der Waals surface area contributed by atoms with Gasteiger partial charge in [0.15, 0.2) is 0 Å². The van der Waals surface area contributed by atoms with Crippen molar-refractivity contribution in [2.45, 2.75) is 126 Å². The number of benzene rings is 4. The van der Waals surface area contributed by atoms with Crippen molar-refractivity contribution in [3.63, 3.8) is 0 Å². The van der Waals surface area contributed by atoms with E-state index in [1.165, 1.54) is 15.9 Å². The number of H-pyrrole nitrogens is 1. The molecule has 1 fully saturated rings. The first-order valence-electron chi connectivity index (χ1n) is 27.0. The van der Waals surface area contributed by atoms with Crippen molar-refractivity contribution in [1.82, 2.24) is 36.5 Å². The van der Waals surface area contributed by atoms with Crippen LogP contribution in [0.1, 0.15) is 131 Å². The van der Waals surface area contributed by atoms with Crippen LogP contribution in [0.15, 0.2) is 91.0 Å². The number of carbonyl (C=O) groups is 9. The van der Waals surface area contributed by atoms with Gasteiger partial charge in [0.05, 0.1) is 5.69 Å². The number of nitrogens with two attached hydrogens (primary N) is 1. The lowest BCUT2D eigenvalue weighted by Gasteiger charge is -2.29. The molecule has 24 heteroatoms. The van der Waals surface area contributed by atoms with E-state index in [1.807, 2.05) is 6.07 Å². The Hall–Kier alpha value is -8.58. The molecule has 9 amide bonds. The Morgan fingerprint density at radius 3 is 2.34 bits per heavy atom. The number of hydrogen-bond acceptors (Lipinski definition) is 10. The second-order valence-corrected chi connectivity index (χ2v) is 22.4. The number of piperidine rings is 1. The highest BCUT2D eigenvalue weighted by molar-refractivity contribution is 7.52. The summed E-state index contributed by atoms with van der Waals surface area (Å²) in [7, 11) is -5.88. The van der Waals surface area contributed by atoms with Gasteiger partial charge in [-0.05, 0) is 91.1 Å². The van der Waals surface area contributed by atoms with Gasteiger partial charge in [-0.2, -0.15) is 8.78 Å². The number of amides is 9. The molecule has 1 aromatic heterocycles. The fourth-order valence-corrected chi connectivity index (χ4v) is 11.4.